The summed E-state index contributed by atoms with van der Waals surface area (Å²) < 4.78 is 25.0. The maximum atomic E-state index is 13.8. The summed E-state index contributed by atoms with van der Waals surface area (Å²) in [7, 11) is 0. The molecule has 3 atom stereocenters. The van der Waals surface area contributed by atoms with Crippen molar-refractivity contribution in [3.8, 4) is 0 Å². The number of morpholine rings is 2. The van der Waals surface area contributed by atoms with Crippen molar-refractivity contribution in [2.24, 2.45) is 0 Å². The molecule has 1 aromatic rings. The summed E-state index contributed by atoms with van der Waals surface area (Å²) in [6.45, 7) is 4.26. The van der Waals surface area contributed by atoms with Crippen molar-refractivity contribution in [1.29, 1.82) is 0 Å². The number of hydrogen-bond donors (Lipinski definition) is 1. The van der Waals surface area contributed by atoms with Gasteiger partial charge in [-0.15, -0.1) is 0 Å². The first kappa shape index (κ1) is 17.9. The molecule has 2 heterocycles. The average Bonchev–Trinajstić information content (AvgIpc) is 2.58. The molecule has 0 saturated carbocycles. The number of halogens is 3. The van der Waals surface area contributed by atoms with Gasteiger partial charge in [-0.1, -0.05) is 23.2 Å². The van der Waals surface area contributed by atoms with Crippen molar-refractivity contribution in [3.05, 3.63) is 33.6 Å². The van der Waals surface area contributed by atoms with Crippen LogP contribution in [0.5, 0.6) is 0 Å². The summed E-state index contributed by atoms with van der Waals surface area (Å²) in [5.41, 5.74) is 0.497. The van der Waals surface area contributed by atoms with Gasteiger partial charge in [0.1, 0.15) is 18.0 Å². The van der Waals surface area contributed by atoms with E-state index in [9.17, 15) is 9.18 Å². The number of ether oxygens (including phenoxy) is 2. The first-order chi connectivity index (χ1) is 11.5. The molecule has 132 valence electrons. The molecule has 0 aliphatic carbocycles. The zero-order valence-corrected chi connectivity index (χ0v) is 14.7. The summed E-state index contributed by atoms with van der Waals surface area (Å²) in [6, 6.07) is 2.25. The van der Waals surface area contributed by atoms with E-state index in [1.165, 1.54) is 12.1 Å². The lowest BCUT2D eigenvalue weighted by molar-refractivity contribution is -0.147. The maximum absolute atomic E-state index is 13.8. The molecule has 2 aliphatic rings. The van der Waals surface area contributed by atoms with Crippen LogP contribution in [0, 0.1) is 5.82 Å². The van der Waals surface area contributed by atoms with Crippen molar-refractivity contribution < 1.29 is 18.7 Å². The van der Waals surface area contributed by atoms with Crippen molar-refractivity contribution in [3.63, 3.8) is 0 Å². The van der Waals surface area contributed by atoms with Gasteiger partial charge < -0.3 is 19.7 Å². The van der Waals surface area contributed by atoms with E-state index in [4.69, 9.17) is 32.7 Å². The molecule has 1 N–H and O–H groups in total. The van der Waals surface area contributed by atoms with Crippen LogP contribution < -0.4 is 5.32 Å². The summed E-state index contributed by atoms with van der Waals surface area (Å²) in [4.78, 5) is 14.5. The Morgan fingerprint density at radius 3 is 2.83 bits per heavy atom. The van der Waals surface area contributed by atoms with E-state index in [-0.39, 0.29) is 23.1 Å². The zero-order valence-electron chi connectivity index (χ0n) is 13.2. The molecule has 1 aromatic carbocycles. The molecular formula is C16H19Cl2FN2O3. The third-order valence-corrected chi connectivity index (χ3v) is 4.96. The van der Waals surface area contributed by atoms with Gasteiger partial charge in [0, 0.05) is 23.7 Å². The minimum absolute atomic E-state index is 0.0372. The Bertz CT molecular complexity index is 632. The molecule has 1 amide bonds. The number of benzene rings is 1. The summed E-state index contributed by atoms with van der Waals surface area (Å²) >= 11 is 11.9. The van der Waals surface area contributed by atoms with E-state index in [0.29, 0.717) is 43.4 Å². The highest BCUT2D eigenvalue weighted by atomic mass is 35.5. The van der Waals surface area contributed by atoms with Gasteiger partial charge in [0.2, 0.25) is 5.91 Å². The fourth-order valence-electron chi connectivity index (χ4n) is 3.03. The highest BCUT2D eigenvalue weighted by Gasteiger charge is 2.35. The predicted molar refractivity (Wildman–Crippen MR) is 88.9 cm³/mol. The van der Waals surface area contributed by atoms with Crippen LogP contribution in [0.1, 0.15) is 18.6 Å². The molecule has 2 fully saturated rings. The number of hydrogen-bond acceptors (Lipinski definition) is 4. The lowest BCUT2D eigenvalue weighted by Crippen LogP contribution is -2.58. The molecule has 0 aromatic heterocycles. The lowest BCUT2D eigenvalue weighted by Gasteiger charge is -2.38. The first-order valence-corrected chi connectivity index (χ1v) is 8.63. The highest BCUT2D eigenvalue weighted by molar-refractivity contribution is 6.35. The molecular weight excluding hydrogens is 358 g/mol. The zero-order chi connectivity index (χ0) is 17.3. The number of nitrogens with one attached hydrogen (secondary N) is 1. The maximum Gasteiger partial charge on any atom is 0.242 e. The molecule has 0 radical (unpaired) electrons. The third kappa shape index (κ3) is 3.68. The molecule has 1 unspecified atom stereocenters. The second-order valence-corrected chi connectivity index (χ2v) is 6.75. The molecule has 5 nitrogen and oxygen atoms in total. The quantitative estimate of drug-likeness (QED) is 0.805. The van der Waals surface area contributed by atoms with Gasteiger partial charge in [0.05, 0.1) is 30.9 Å². The van der Waals surface area contributed by atoms with Crippen molar-refractivity contribution in [1.82, 2.24) is 10.2 Å². The van der Waals surface area contributed by atoms with Crippen LogP contribution in [0.2, 0.25) is 10.0 Å². The Kier molecular flexibility index (Phi) is 5.62. The second-order valence-electron chi connectivity index (χ2n) is 5.94. The van der Waals surface area contributed by atoms with Crippen LogP contribution in [0.3, 0.4) is 0 Å². The van der Waals surface area contributed by atoms with Gasteiger partial charge in [-0.05, 0) is 19.1 Å². The molecule has 2 saturated heterocycles. The Balaban J connectivity index is 1.74. The van der Waals surface area contributed by atoms with E-state index in [1.807, 2.05) is 6.92 Å². The van der Waals surface area contributed by atoms with Gasteiger partial charge in [-0.2, -0.15) is 0 Å². The van der Waals surface area contributed by atoms with Gasteiger partial charge >= 0.3 is 0 Å². The van der Waals surface area contributed by atoms with Crippen molar-refractivity contribution >= 4 is 29.1 Å². The van der Waals surface area contributed by atoms with Crippen LogP contribution in [0.15, 0.2) is 12.1 Å². The van der Waals surface area contributed by atoms with Crippen LogP contribution in [-0.4, -0.2) is 55.8 Å². The van der Waals surface area contributed by atoms with E-state index in [2.05, 4.69) is 5.32 Å². The Labute approximate surface area is 150 Å². The van der Waals surface area contributed by atoms with Gasteiger partial charge in [-0.3, -0.25) is 4.79 Å². The highest BCUT2D eigenvalue weighted by Crippen LogP contribution is 2.32. The SMILES string of the molecule is C[C@H]1OCCN[C@@H]1C(=O)N1CCOC(c2cc(F)c(Cl)cc2Cl)C1. The predicted octanol–water partition coefficient (Wildman–Crippen LogP) is 2.41. The summed E-state index contributed by atoms with van der Waals surface area (Å²) in [6.07, 6.45) is -0.675. The van der Waals surface area contributed by atoms with E-state index in [0.717, 1.165) is 0 Å². The van der Waals surface area contributed by atoms with E-state index >= 15 is 0 Å². The number of amides is 1. The topological polar surface area (TPSA) is 50.8 Å². The monoisotopic (exact) mass is 376 g/mol. The number of carbonyl (C=O) groups excluding carboxylic acids is 1. The first-order valence-electron chi connectivity index (χ1n) is 7.87. The van der Waals surface area contributed by atoms with Crippen LogP contribution >= 0.6 is 23.2 Å². The number of rotatable bonds is 2. The minimum Gasteiger partial charge on any atom is -0.375 e. The summed E-state index contributed by atoms with van der Waals surface area (Å²) in [5, 5.41) is 3.48. The fraction of sp³-hybridized carbons (Fsp3) is 0.562. The number of nitrogens with zero attached hydrogens (tertiary/aromatic N) is 1. The largest absolute Gasteiger partial charge is 0.375 e. The Morgan fingerprint density at radius 1 is 1.29 bits per heavy atom. The fourth-order valence-corrected chi connectivity index (χ4v) is 3.53. The Hall–Kier alpha value is -0.920. The van der Waals surface area contributed by atoms with Crippen molar-refractivity contribution in [2.75, 3.05) is 32.8 Å². The van der Waals surface area contributed by atoms with Crippen LogP contribution in [-0.2, 0) is 14.3 Å². The van der Waals surface area contributed by atoms with Crippen molar-refractivity contribution in [2.45, 2.75) is 25.2 Å². The Morgan fingerprint density at radius 2 is 2.08 bits per heavy atom. The van der Waals surface area contributed by atoms with Crippen LogP contribution in [0.4, 0.5) is 4.39 Å². The molecule has 8 heteroatoms. The van der Waals surface area contributed by atoms with Crippen LogP contribution in [0.25, 0.3) is 0 Å². The third-order valence-electron chi connectivity index (χ3n) is 4.35. The van der Waals surface area contributed by atoms with Gasteiger partial charge in [0.25, 0.3) is 0 Å². The molecule has 2 aliphatic heterocycles. The van der Waals surface area contributed by atoms with E-state index in [1.54, 1.807) is 4.90 Å². The molecule has 0 spiro atoms. The molecule has 0 bridgehead atoms. The average molecular weight is 377 g/mol. The molecule has 3 rings (SSSR count). The lowest BCUT2D eigenvalue weighted by atomic mass is 10.1. The normalized spacial score (nSPS) is 28.0. The van der Waals surface area contributed by atoms with Gasteiger partial charge in [0.15, 0.2) is 0 Å². The summed E-state index contributed by atoms with van der Waals surface area (Å²) in [5.74, 6) is -0.597. The van der Waals surface area contributed by atoms with E-state index < -0.39 is 11.9 Å². The minimum atomic E-state index is -0.556. The number of carbonyl (C=O) groups is 1. The standard InChI is InChI=1S/C16H19Cl2FN2O3/c1-9-15(20-2-4-23-9)16(22)21-3-5-24-14(8-21)10-6-13(19)12(18)7-11(10)17/h6-7,9,14-15,20H,2-5,8H2,1H3/t9-,14?,15+/m1/s1. The smallest absolute Gasteiger partial charge is 0.242 e. The second kappa shape index (κ2) is 7.54. The molecule has 24 heavy (non-hydrogen) atoms. The van der Waals surface area contributed by atoms with Gasteiger partial charge in [-0.25, -0.2) is 4.39 Å².